The lowest BCUT2D eigenvalue weighted by Crippen LogP contribution is -2.11. The highest BCUT2D eigenvalue weighted by molar-refractivity contribution is 6.33. The van der Waals surface area contributed by atoms with Crippen LogP contribution in [0.15, 0.2) is 303 Å². The zero-order valence-corrected chi connectivity index (χ0v) is 55.4. The van der Waals surface area contributed by atoms with Crippen molar-refractivity contribution < 1.29 is 0 Å². The number of hydrogen-bond acceptors (Lipinski definition) is 4. The molecule has 22 rings (SSSR count). The summed E-state index contributed by atoms with van der Waals surface area (Å²) in [5, 5.41) is 76.8. The average molecular weight is 1320 g/mol. The predicted octanol–water partition coefficient (Wildman–Crippen LogP) is 24.5. The van der Waals surface area contributed by atoms with Crippen molar-refractivity contribution in [1.82, 2.24) is 18.3 Å². The number of rotatable bonds is 5. The average Bonchev–Trinajstić information content (AvgIpc) is 1.56. The zero-order chi connectivity index (χ0) is 68.7. The standard InChI is InChI=1S/C96H50N8/c97-51-71-83(101-75-41-33-55-17-1-9-25-63(55)89(75)90-64-26-10-2-18-56(64)34-42-76(90)101)49-84(102-77-43-35-57-19-3-11-27-65(57)91(77)92-66-28-12-4-20-58(66)36-44-78(92)102)72(52-98)87(71)88-73(53-99)85(103-79-45-37-59-21-5-13-29-67(59)93(79)94-68-30-14-6-22-60(68)38-46-80(94)103)50-86(74(88)54-100)104-81-47-39-61-23-7-15-31-69(61)95(81)96-70-32-16-8-24-62(70)40-48-82(96)104/h1-50H. The van der Waals surface area contributed by atoms with Gasteiger partial charge in [-0.05, 0) is 147 Å². The van der Waals surface area contributed by atoms with Crippen molar-refractivity contribution in [2.45, 2.75) is 0 Å². The monoisotopic (exact) mass is 1310 g/mol. The summed E-state index contributed by atoms with van der Waals surface area (Å²) in [7, 11) is 0. The third kappa shape index (κ3) is 7.54. The minimum Gasteiger partial charge on any atom is -0.308 e. The molecule has 0 unspecified atom stereocenters. The normalized spacial score (nSPS) is 12.0. The molecule has 18 aromatic carbocycles. The van der Waals surface area contributed by atoms with Gasteiger partial charge in [0.25, 0.3) is 0 Å². The Morgan fingerprint density at radius 2 is 0.317 bits per heavy atom. The van der Waals surface area contributed by atoms with Crippen LogP contribution in [0.1, 0.15) is 22.3 Å². The molecular formula is C96H50N8. The van der Waals surface area contributed by atoms with Crippen LogP contribution in [0.4, 0.5) is 0 Å². The maximum Gasteiger partial charge on any atom is 0.102 e. The molecule has 0 amide bonds. The Morgan fingerprint density at radius 1 is 0.173 bits per heavy atom. The van der Waals surface area contributed by atoms with E-state index in [1.807, 2.05) is 12.1 Å². The van der Waals surface area contributed by atoms with E-state index >= 15 is 0 Å². The number of fused-ring (bicyclic) bond motifs is 28. The summed E-state index contributed by atoms with van der Waals surface area (Å²) >= 11 is 0. The predicted molar refractivity (Wildman–Crippen MR) is 428 cm³/mol. The van der Waals surface area contributed by atoms with Crippen LogP contribution in [-0.4, -0.2) is 18.3 Å². The molecule has 4 aromatic heterocycles. The Morgan fingerprint density at radius 3 is 0.462 bits per heavy atom. The Balaban J connectivity index is 0.997. The van der Waals surface area contributed by atoms with Gasteiger partial charge in [0.15, 0.2) is 0 Å². The molecule has 0 aliphatic heterocycles. The lowest BCUT2D eigenvalue weighted by molar-refractivity contribution is 1.11. The topological polar surface area (TPSA) is 115 Å². The Kier molecular flexibility index (Phi) is 11.7. The number of nitriles is 4. The maximum absolute atomic E-state index is 13.0. The van der Waals surface area contributed by atoms with Gasteiger partial charge in [0.05, 0.1) is 89.1 Å². The Bertz CT molecular complexity index is 6620. The van der Waals surface area contributed by atoms with Crippen LogP contribution in [-0.2, 0) is 0 Å². The van der Waals surface area contributed by atoms with Crippen molar-refractivity contribution in [1.29, 1.82) is 21.0 Å². The molecule has 8 nitrogen and oxygen atoms in total. The molecule has 4 heterocycles. The van der Waals surface area contributed by atoms with Crippen LogP contribution in [0.25, 0.3) is 207 Å². The van der Waals surface area contributed by atoms with E-state index in [9.17, 15) is 21.0 Å². The van der Waals surface area contributed by atoms with Crippen LogP contribution in [0.5, 0.6) is 0 Å². The fourth-order valence-electron chi connectivity index (χ4n) is 18.2. The third-order valence-corrected chi connectivity index (χ3v) is 22.4. The molecule has 104 heavy (non-hydrogen) atoms. The van der Waals surface area contributed by atoms with Crippen molar-refractivity contribution in [3.05, 3.63) is 326 Å². The molecule has 0 aliphatic rings. The second-order valence-corrected chi connectivity index (χ2v) is 27.3. The van der Waals surface area contributed by atoms with E-state index in [-0.39, 0.29) is 33.4 Å². The quantitative estimate of drug-likeness (QED) is 0.171. The second kappa shape index (κ2) is 21.4. The van der Waals surface area contributed by atoms with E-state index in [0.29, 0.717) is 22.7 Å². The lowest BCUT2D eigenvalue weighted by atomic mass is 9.85. The first-order valence-electron chi connectivity index (χ1n) is 34.9. The molecule has 474 valence electrons. The van der Waals surface area contributed by atoms with Crippen molar-refractivity contribution in [3.63, 3.8) is 0 Å². The first-order chi connectivity index (χ1) is 51.5. The summed E-state index contributed by atoms with van der Waals surface area (Å²) in [6.45, 7) is 0. The van der Waals surface area contributed by atoms with Crippen LogP contribution in [0.3, 0.4) is 0 Å². The van der Waals surface area contributed by atoms with Crippen LogP contribution in [0.2, 0.25) is 0 Å². The molecule has 8 heteroatoms. The Hall–Kier alpha value is -14.8. The Labute approximate surface area is 592 Å². The van der Waals surface area contributed by atoms with Gasteiger partial charge < -0.3 is 18.3 Å². The molecule has 0 aliphatic carbocycles. The minimum absolute atomic E-state index is 0.108. The van der Waals surface area contributed by atoms with E-state index in [1.165, 1.54) is 0 Å². The minimum atomic E-state index is 0.108. The molecule has 0 saturated heterocycles. The number of hydrogen-bond donors (Lipinski definition) is 0. The van der Waals surface area contributed by atoms with Gasteiger partial charge in [0, 0.05) is 54.2 Å². The number of nitrogens with zero attached hydrogens (tertiary/aromatic N) is 8. The summed E-state index contributed by atoms with van der Waals surface area (Å²) < 4.78 is 8.79. The summed E-state index contributed by atoms with van der Waals surface area (Å²) in [5.74, 6) is 0. The summed E-state index contributed by atoms with van der Waals surface area (Å²) in [6.07, 6.45) is 0. The molecule has 22 aromatic rings. The lowest BCUT2D eigenvalue weighted by Gasteiger charge is -2.24. The fraction of sp³-hybridized carbons (Fsp3) is 0. The van der Waals surface area contributed by atoms with Gasteiger partial charge in [-0.1, -0.05) is 243 Å². The molecule has 0 fully saturated rings. The SMILES string of the molecule is N#Cc1c(-n2c3ccc4ccccc4c3c3c4ccccc4ccc32)cc(-n2c3ccc4ccccc4c3c3c4ccccc4ccc32)c(C#N)c1-c1c(C#N)c(-n2c3ccc4ccccc4c3c3c4ccccc4ccc32)cc(-n2c3ccc4ccccc4c3c3c4ccccc4ccc32)c1C#N. The zero-order valence-electron chi connectivity index (χ0n) is 55.4. The van der Waals surface area contributed by atoms with Crippen molar-refractivity contribution in [3.8, 4) is 58.2 Å². The molecule has 0 radical (unpaired) electrons. The summed E-state index contributed by atoms with van der Waals surface area (Å²) in [5.41, 5.74) is 9.23. The van der Waals surface area contributed by atoms with Gasteiger partial charge in [-0.25, -0.2) is 0 Å². The molecule has 0 atom stereocenters. The van der Waals surface area contributed by atoms with Crippen molar-refractivity contribution in [2.75, 3.05) is 0 Å². The fourth-order valence-corrected chi connectivity index (χ4v) is 18.2. The highest BCUT2D eigenvalue weighted by atomic mass is 15.0. The van der Waals surface area contributed by atoms with E-state index in [2.05, 4.69) is 334 Å². The number of aromatic nitrogens is 4. The smallest absolute Gasteiger partial charge is 0.102 e. The third-order valence-electron chi connectivity index (χ3n) is 22.4. The van der Waals surface area contributed by atoms with E-state index in [4.69, 9.17) is 0 Å². The first kappa shape index (κ1) is 57.1. The van der Waals surface area contributed by atoms with Gasteiger partial charge in [0.1, 0.15) is 24.3 Å². The van der Waals surface area contributed by atoms with Crippen LogP contribution >= 0.6 is 0 Å². The van der Waals surface area contributed by atoms with Gasteiger partial charge in [-0.3, -0.25) is 0 Å². The summed E-state index contributed by atoms with van der Waals surface area (Å²) in [4.78, 5) is 0. The molecule has 0 saturated carbocycles. The van der Waals surface area contributed by atoms with Crippen LogP contribution in [0, 0.1) is 45.3 Å². The highest BCUT2D eigenvalue weighted by Crippen LogP contribution is 2.52. The maximum atomic E-state index is 13.0. The molecule has 0 bridgehead atoms. The second-order valence-electron chi connectivity index (χ2n) is 27.3. The number of benzene rings is 18. The van der Waals surface area contributed by atoms with E-state index in [1.54, 1.807) is 0 Å². The van der Waals surface area contributed by atoms with Gasteiger partial charge in [-0.15, -0.1) is 0 Å². The van der Waals surface area contributed by atoms with Gasteiger partial charge in [0.2, 0.25) is 0 Å². The molecule has 0 N–H and O–H groups in total. The summed E-state index contributed by atoms with van der Waals surface area (Å²) in [6, 6.07) is 117. The molecule has 0 spiro atoms. The highest BCUT2D eigenvalue weighted by Gasteiger charge is 2.35. The molecular weight excluding hydrogens is 1270 g/mol. The van der Waals surface area contributed by atoms with E-state index < -0.39 is 0 Å². The van der Waals surface area contributed by atoms with Crippen molar-refractivity contribution in [2.24, 2.45) is 0 Å². The van der Waals surface area contributed by atoms with E-state index in [0.717, 1.165) is 173 Å². The first-order valence-corrected chi connectivity index (χ1v) is 34.9. The van der Waals surface area contributed by atoms with Crippen molar-refractivity contribution >= 4 is 173 Å². The largest absolute Gasteiger partial charge is 0.308 e. The van der Waals surface area contributed by atoms with Crippen LogP contribution < -0.4 is 0 Å². The van der Waals surface area contributed by atoms with Gasteiger partial charge >= 0.3 is 0 Å². The van der Waals surface area contributed by atoms with Gasteiger partial charge in [-0.2, -0.15) is 21.0 Å².